The number of ether oxygens (including phenoxy) is 1. The van der Waals surface area contributed by atoms with Crippen molar-refractivity contribution in [1.29, 1.82) is 0 Å². The van der Waals surface area contributed by atoms with Gasteiger partial charge in [0.25, 0.3) is 0 Å². The van der Waals surface area contributed by atoms with Crippen molar-refractivity contribution in [3.8, 4) is 17.1 Å². The van der Waals surface area contributed by atoms with Gasteiger partial charge in [-0.1, -0.05) is 29.4 Å². The van der Waals surface area contributed by atoms with Crippen molar-refractivity contribution in [2.75, 3.05) is 6.61 Å². The summed E-state index contributed by atoms with van der Waals surface area (Å²) in [6.45, 7) is 2.59. The minimum Gasteiger partial charge on any atom is -0.494 e. The largest absolute Gasteiger partial charge is 0.494 e. The third kappa shape index (κ3) is 4.14. The molecule has 130 valence electrons. The molecule has 0 aliphatic rings. The Kier molecular flexibility index (Phi) is 5.60. The third-order valence-corrected chi connectivity index (χ3v) is 5.05. The van der Waals surface area contributed by atoms with E-state index in [1.807, 2.05) is 42.8 Å². The summed E-state index contributed by atoms with van der Waals surface area (Å²) in [5.74, 6) is 1.86. The van der Waals surface area contributed by atoms with Crippen LogP contribution < -0.4 is 4.74 Å². The standard InChI is InChI=1S/C18H17ClFN3OS/c1-3-24-15-8-5-12(6-9-15)17-21-22-18(23(17)2)25-11-13-4-7-14(20)10-16(13)19/h4-10H,3,11H2,1-2H3. The number of hydrogen-bond acceptors (Lipinski definition) is 4. The summed E-state index contributed by atoms with van der Waals surface area (Å²) in [7, 11) is 1.92. The number of nitrogens with zero attached hydrogens (tertiary/aromatic N) is 3. The Hall–Kier alpha value is -2.05. The first kappa shape index (κ1) is 17.8. The molecule has 1 heterocycles. The van der Waals surface area contributed by atoms with E-state index in [2.05, 4.69) is 10.2 Å². The molecule has 0 bridgehead atoms. The van der Waals surface area contributed by atoms with Crippen LogP contribution in [0, 0.1) is 5.82 Å². The van der Waals surface area contributed by atoms with Crippen LogP contribution in [0.15, 0.2) is 47.6 Å². The number of aromatic nitrogens is 3. The molecule has 4 nitrogen and oxygen atoms in total. The molecule has 0 saturated heterocycles. The first-order chi connectivity index (χ1) is 12.1. The van der Waals surface area contributed by atoms with E-state index >= 15 is 0 Å². The third-order valence-electron chi connectivity index (χ3n) is 3.63. The average molecular weight is 378 g/mol. The predicted octanol–water partition coefficient (Wildman–Crippen LogP) is 4.97. The quantitative estimate of drug-likeness (QED) is 0.569. The van der Waals surface area contributed by atoms with Gasteiger partial charge in [0.1, 0.15) is 11.6 Å². The Morgan fingerprint density at radius 2 is 1.92 bits per heavy atom. The summed E-state index contributed by atoms with van der Waals surface area (Å²) < 4.78 is 20.5. The molecule has 0 amide bonds. The maximum Gasteiger partial charge on any atom is 0.191 e. The van der Waals surface area contributed by atoms with Crippen LogP contribution in [0.1, 0.15) is 12.5 Å². The van der Waals surface area contributed by atoms with Crippen molar-refractivity contribution in [2.45, 2.75) is 17.8 Å². The summed E-state index contributed by atoms with van der Waals surface area (Å²) in [6.07, 6.45) is 0. The summed E-state index contributed by atoms with van der Waals surface area (Å²) in [5, 5.41) is 9.70. The molecule has 0 unspecified atom stereocenters. The van der Waals surface area contributed by atoms with E-state index in [1.165, 1.54) is 23.9 Å². The second-order valence-corrected chi connectivity index (χ2v) is 6.70. The molecular weight excluding hydrogens is 361 g/mol. The normalized spacial score (nSPS) is 10.9. The zero-order valence-corrected chi connectivity index (χ0v) is 15.4. The van der Waals surface area contributed by atoms with Gasteiger partial charge in [-0.3, -0.25) is 0 Å². The molecule has 3 rings (SSSR count). The second kappa shape index (κ2) is 7.89. The maximum atomic E-state index is 13.1. The van der Waals surface area contributed by atoms with Crippen LogP contribution in [0.5, 0.6) is 5.75 Å². The summed E-state index contributed by atoms with van der Waals surface area (Å²) in [5.41, 5.74) is 1.82. The summed E-state index contributed by atoms with van der Waals surface area (Å²) in [6, 6.07) is 12.2. The van der Waals surface area contributed by atoms with Gasteiger partial charge >= 0.3 is 0 Å². The average Bonchev–Trinajstić information content (AvgIpc) is 2.96. The SMILES string of the molecule is CCOc1ccc(-c2nnc(SCc3ccc(F)cc3Cl)n2C)cc1. The van der Waals surface area contributed by atoms with E-state index in [-0.39, 0.29) is 5.82 Å². The van der Waals surface area contributed by atoms with E-state index in [0.29, 0.717) is 17.4 Å². The first-order valence-electron chi connectivity index (χ1n) is 7.78. The Morgan fingerprint density at radius 1 is 1.16 bits per heavy atom. The fourth-order valence-corrected chi connectivity index (χ4v) is 3.57. The highest BCUT2D eigenvalue weighted by molar-refractivity contribution is 7.98. The molecule has 0 atom stereocenters. The second-order valence-electron chi connectivity index (χ2n) is 5.35. The lowest BCUT2D eigenvalue weighted by Crippen LogP contribution is -1.96. The van der Waals surface area contributed by atoms with Gasteiger partial charge in [-0.15, -0.1) is 10.2 Å². The van der Waals surface area contributed by atoms with E-state index < -0.39 is 0 Å². The predicted molar refractivity (Wildman–Crippen MR) is 98.6 cm³/mol. The lowest BCUT2D eigenvalue weighted by Gasteiger charge is -2.06. The van der Waals surface area contributed by atoms with Crippen LogP contribution in [0.25, 0.3) is 11.4 Å². The van der Waals surface area contributed by atoms with E-state index in [4.69, 9.17) is 16.3 Å². The van der Waals surface area contributed by atoms with Gasteiger partial charge in [0, 0.05) is 23.4 Å². The zero-order chi connectivity index (χ0) is 17.8. The number of thioether (sulfide) groups is 1. The van der Waals surface area contributed by atoms with Gasteiger partial charge < -0.3 is 9.30 Å². The highest BCUT2D eigenvalue weighted by Gasteiger charge is 2.12. The van der Waals surface area contributed by atoms with Gasteiger partial charge in [-0.05, 0) is 48.9 Å². The molecule has 25 heavy (non-hydrogen) atoms. The molecular formula is C18H17ClFN3OS. The molecule has 7 heteroatoms. The van der Waals surface area contributed by atoms with Crippen LogP contribution in [0.2, 0.25) is 5.02 Å². The number of halogens is 2. The van der Waals surface area contributed by atoms with Crippen LogP contribution in [-0.2, 0) is 12.8 Å². The monoisotopic (exact) mass is 377 g/mol. The lowest BCUT2D eigenvalue weighted by atomic mass is 10.2. The Balaban J connectivity index is 1.74. The lowest BCUT2D eigenvalue weighted by molar-refractivity contribution is 0.340. The molecule has 0 aliphatic heterocycles. The molecule has 3 aromatic rings. The van der Waals surface area contributed by atoms with Crippen molar-refractivity contribution < 1.29 is 9.13 Å². The molecule has 0 saturated carbocycles. The highest BCUT2D eigenvalue weighted by atomic mass is 35.5. The van der Waals surface area contributed by atoms with E-state index in [0.717, 1.165) is 27.9 Å². The summed E-state index contributed by atoms with van der Waals surface area (Å²) >= 11 is 7.57. The molecule has 1 aromatic heterocycles. The number of benzene rings is 2. The molecule has 0 fully saturated rings. The van der Waals surface area contributed by atoms with Gasteiger partial charge in [-0.25, -0.2) is 4.39 Å². The van der Waals surface area contributed by atoms with Crippen molar-refractivity contribution in [3.05, 3.63) is 58.9 Å². The van der Waals surface area contributed by atoms with Gasteiger partial charge in [0.2, 0.25) is 0 Å². The molecule has 0 radical (unpaired) electrons. The molecule has 2 aromatic carbocycles. The number of hydrogen-bond donors (Lipinski definition) is 0. The van der Waals surface area contributed by atoms with E-state index in [1.54, 1.807) is 6.07 Å². The minimum absolute atomic E-state index is 0.338. The fourth-order valence-electron chi connectivity index (χ4n) is 2.34. The maximum absolute atomic E-state index is 13.1. The van der Waals surface area contributed by atoms with Crippen molar-refractivity contribution >= 4 is 23.4 Å². The van der Waals surface area contributed by atoms with Crippen molar-refractivity contribution in [1.82, 2.24) is 14.8 Å². The molecule has 0 N–H and O–H groups in total. The van der Waals surface area contributed by atoms with Gasteiger partial charge in [-0.2, -0.15) is 0 Å². The first-order valence-corrected chi connectivity index (χ1v) is 9.14. The van der Waals surface area contributed by atoms with E-state index in [9.17, 15) is 4.39 Å². The Morgan fingerprint density at radius 3 is 2.60 bits per heavy atom. The van der Waals surface area contributed by atoms with Crippen LogP contribution >= 0.6 is 23.4 Å². The Labute approximate surface area is 155 Å². The van der Waals surface area contributed by atoms with Crippen LogP contribution in [0.4, 0.5) is 4.39 Å². The number of rotatable bonds is 6. The fraction of sp³-hybridized carbons (Fsp3) is 0.222. The summed E-state index contributed by atoms with van der Waals surface area (Å²) in [4.78, 5) is 0. The van der Waals surface area contributed by atoms with Crippen LogP contribution in [-0.4, -0.2) is 21.4 Å². The van der Waals surface area contributed by atoms with Gasteiger partial charge in [0.15, 0.2) is 11.0 Å². The molecule has 0 aliphatic carbocycles. The Bertz CT molecular complexity index is 867. The molecule has 0 spiro atoms. The topological polar surface area (TPSA) is 39.9 Å². The highest BCUT2D eigenvalue weighted by Crippen LogP contribution is 2.28. The zero-order valence-electron chi connectivity index (χ0n) is 13.9. The van der Waals surface area contributed by atoms with Crippen molar-refractivity contribution in [3.63, 3.8) is 0 Å². The minimum atomic E-state index is -0.338. The van der Waals surface area contributed by atoms with Crippen molar-refractivity contribution in [2.24, 2.45) is 7.05 Å². The van der Waals surface area contributed by atoms with Crippen LogP contribution in [0.3, 0.4) is 0 Å². The smallest absolute Gasteiger partial charge is 0.191 e. The van der Waals surface area contributed by atoms with Gasteiger partial charge in [0.05, 0.1) is 6.61 Å².